The molecule has 0 atom stereocenters. The molecule has 0 saturated carbocycles. The van der Waals surface area contributed by atoms with Gasteiger partial charge in [-0.2, -0.15) is 0 Å². The summed E-state index contributed by atoms with van der Waals surface area (Å²) in [4.78, 5) is 20.1. The van der Waals surface area contributed by atoms with E-state index in [9.17, 15) is 0 Å². The summed E-state index contributed by atoms with van der Waals surface area (Å²) in [5, 5.41) is 0. The van der Waals surface area contributed by atoms with Crippen molar-refractivity contribution in [2.24, 2.45) is 9.98 Å². The van der Waals surface area contributed by atoms with Crippen LogP contribution in [0, 0.1) is 0 Å². The fourth-order valence-corrected chi connectivity index (χ4v) is 6.31. The van der Waals surface area contributed by atoms with E-state index in [1.54, 1.807) is 0 Å². The first-order chi connectivity index (χ1) is 24.2. The van der Waals surface area contributed by atoms with Gasteiger partial charge in [-0.25, -0.2) is 20.0 Å². The molecule has 0 amide bonds. The van der Waals surface area contributed by atoms with E-state index in [0.717, 1.165) is 61.5 Å². The summed E-state index contributed by atoms with van der Waals surface area (Å²) >= 11 is 0. The number of ether oxygens (including phenoxy) is 2. The lowest BCUT2D eigenvalue weighted by Crippen LogP contribution is -2.17. The maximum Gasteiger partial charge on any atom is 0.216 e. The van der Waals surface area contributed by atoms with E-state index >= 15 is 0 Å². The Morgan fingerprint density at radius 2 is 0.780 bits per heavy atom. The Kier molecular flexibility index (Phi) is 7.87. The molecule has 0 aliphatic carbocycles. The summed E-state index contributed by atoms with van der Waals surface area (Å²) in [6.07, 6.45) is 0. The Hall–Kier alpha value is -5.88. The predicted octanol–water partition coefficient (Wildman–Crippen LogP) is 9.92. The summed E-state index contributed by atoms with van der Waals surface area (Å²) in [6, 6.07) is 46.1. The standard InChI is InChI=1S/C44H38N4O2/c1-43(2)27-49-41(47-43)33-19-11-17-31(21-33)38-26-39(32-18-12-20-34(22-32)42-48-44(3,4)28-50-42)46-40(45-38)37-24-35(29-13-7-5-8-14-29)23-36(25-37)30-15-9-6-10-16-30/h5-26H,27-28H2,1-4H3. The molecule has 2 aliphatic rings. The van der Waals surface area contributed by atoms with Gasteiger partial charge in [0.25, 0.3) is 0 Å². The molecule has 246 valence electrons. The van der Waals surface area contributed by atoms with Crippen molar-refractivity contribution in [2.75, 3.05) is 13.2 Å². The molecule has 8 rings (SSSR count). The van der Waals surface area contributed by atoms with Crippen molar-refractivity contribution >= 4 is 11.8 Å². The van der Waals surface area contributed by atoms with Gasteiger partial charge in [0.15, 0.2) is 5.82 Å². The minimum absolute atomic E-state index is 0.256. The predicted molar refractivity (Wildman–Crippen MR) is 202 cm³/mol. The number of rotatable bonds is 7. The monoisotopic (exact) mass is 654 g/mol. The highest BCUT2D eigenvalue weighted by Gasteiger charge is 2.28. The largest absolute Gasteiger partial charge is 0.475 e. The lowest BCUT2D eigenvalue weighted by molar-refractivity contribution is 0.279. The second-order valence-corrected chi connectivity index (χ2v) is 14.2. The average molecular weight is 655 g/mol. The second kappa shape index (κ2) is 12.5. The minimum Gasteiger partial charge on any atom is -0.475 e. The number of aromatic nitrogens is 2. The number of hydrogen-bond acceptors (Lipinski definition) is 6. The SMILES string of the molecule is CC1(C)COC(c2cccc(-c3cc(-c4cccc(C5=NC(C)(C)CO5)c4)nc(-c4cc(-c5ccccc5)cc(-c5ccccc5)c4)n3)c2)=N1. The Morgan fingerprint density at radius 1 is 0.400 bits per heavy atom. The zero-order valence-corrected chi connectivity index (χ0v) is 28.7. The third-order valence-electron chi connectivity index (χ3n) is 8.87. The Morgan fingerprint density at radius 3 is 1.20 bits per heavy atom. The highest BCUT2D eigenvalue weighted by Crippen LogP contribution is 2.35. The molecule has 2 aliphatic heterocycles. The van der Waals surface area contributed by atoms with E-state index in [2.05, 4.69) is 125 Å². The number of nitrogens with zero attached hydrogens (tertiary/aromatic N) is 4. The molecular weight excluding hydrogens is 617 g/mol. The normalized spacial score (nSPS) is 15.9. The van der Waals surface area contributed by atoms with E-state index in [4.69, 9.17) is 29.4 Å². The molecule has 0 N–H and O–H groups in total. The van der Waals surface area contributed by atoms with Crippen LogP contribution in [-0.2, 0) is 9.47 Å². The third kappa shape index (κ3) is 6.57. The van der Waals surface area contributed by atoms with Crippen molar-refractivity contribution in [1.29, 1.82) is 0 Å². The molecule has 0 bridgehead atoms. The van der Waals surface area contributed by atoms with Crippen molar-refractivity contribution < 1.29 is 9.47 Å². The molecule has 6 nitrogen and oxygen atoms in total. The molecule has 6 aromatic rings. The quantitative estimate of drug-likeness (QED) is 0.172. The number of aliphatic imine (C=N–C) groups is 2. The fraction of sp³-hybridized carbons (Fsp3) is 0.182. The maximum atomic E-state index is 6.01. The van der Waals surface area contributed by atoms with Crippen LogP contribution in [0.25, 0.3) is 56.2 Å². The van der Waals surface area contributed by atoms with Crippen LogP contribution in [0.15, 0.2) is 143 Å². The smallest absolute Gasteiger partial charge is 0.216 e. The van der Waals surface area contributed by atoms with Crippen LogP contribution >= 0.6 is 0 Å². The minimum atomic E-state index is -0.256. The zero-order valence-electron chi connectivity index (χ0n) is 28.7. The Balaban J connectivity index is 1.31. The van der Waals surface area contributed by atoms with E-state index in [1.807, 2.05) is 36.4 Å². The van der Waals surface area contributed by atoms with Crippen LogP contribution in [0.4, 0.5) is 0 Å². The van der Waals surface area contributed by atoms with Gasteiger partial charge < -0.3 is 9.47 Å². The van der Waals surface area contributed by atoms with Gasteiger partial charge in [-0.05, 0) is 98.5 Å². The maximum absolute atomic E-state index is 6.01. The highest BCUT2D eigenvalue weighted by atomic mass is 16.5. The first kappa shape index (κ1) is 31.4. The molecule has 0 saturated heterocycles. The van der Waals surface area contributed by atoms with E-state index in [0.29, 0.717) is 30.8 Å². The molecule has 0 radical (unpaired) electrons. The highest BCUT2D eigenvalue weighted by molar-refractivity contribution is 5.97. The van der Waals surface area contributed by atoms with Gasteiger partial charge in [0.05, 0.1) is 22.5 Å². The molecule has 1 aromatic heterocycles. The summed E-state index contributed by atoms with van der Waals surface area (Å²) < 4.78 is 12.0. The number of benzene rings is 5. The first-order valence-electron chi connectivity index (χ1n) is 17.0. The summed E-state index contributed by atoms with van der Waals surface area (Å²) in [6.45, 7) is 9.43. The lowest BCUT2D eigenvalue weighted by atomic mass is 9.95. The molecule has 0 fully saturated rings. The third-order valence-corrected chi connectivity index (χ3v) is 8.87. The topological polar surface area (TPSA) is 69.0 Å². The van der Waals surface area contributed by atoms with Gasteiger partial charge in [-0.15, -0.1) is 0 Å². The summed E-state index contributed by atoms with van der Waals surface area (Å²) in [5.41, 5.74) is 10.2. The van der Waals surface area contributed by atoms with Gasteiger partial charge in [0.2, 0.25) is 11.8 Å². The van der Waals surface area contributed by atoms with Crippen molar-refractivity contribution in [1.82, 2.24) is 9.97 Å². The van der Waals surface area contributed by atoms with Gasteiger partial charge in [0, 0.05) is 27.8 Å². The van der Waals surface area contributed by atoms with Crippen LogP contribution in [0.3, 0.4) is 0 Å². The van der Waals surface area contributed by atoms with Crippen LogP contribution in [-0.4, -0.2) is 46.1 Å². The van der Waals surface area contributed by atoms with Crippen LogP contribution in [0.1, 0.15) is 38.8 Å². The first-order valence-corrected chi connectivity index (χ1v) is 17.0. The zero-order chi connectivity index (χ0) is 34.3. The molecule has 0 unspecified atom stereocenters. The van der Waals surface area contributed by atoms with Crippen molar-refractivity contribution in [2.45, 2.75) is 38.8 Å². The Bertz CT molecular complexity index is 2120. The van der Waals surface area contributed by atoms with Gasteiger partial charge in [-0.1, -0.05) is 84.9 Å². The lowest BCUT2D eigenvalue weighted by Gasteiger charge is -2.14. The van der Waals surface area contributed by atoms with Crippen LogP contribution < -0.4 is 0 Å². The van der Waals surface area contributed by atoms with Gasteiger partial charge >= 0.3 is 0 Å². The van der Waals surface area contributed by atoms with E-state index in [1.165, 1.54) is 0 Å². The van der Waals surface area contributed by atoms with Crippen LogP contribution in [0.2, 0.25) is 0 Å². The van der Waals surface area contributed by atoms with E-state index in [-0.39, 0.29) is 11.1 Å². The number of hydrogen-bond donors (Lipinski definition) is 0. The summed E-state index contributed by atoms with van der Waals surface area (Å²) in [7, 11) is 0. The van der Waals surface area contributed by atoms with E-state index < -0.39 is 0 Å². The fourth-order valence-electron chi connectivity index (χ4n) is 6.31. The Labute approximate surface area is 293 Å². The molecule has 5 aromatic carbocycles. The molecule has 3 heterocycles. The molecular formula is C44H38N4O2. The van der Waals surface area contributed by atoms with Crippen LogP contribution in [0.5, 0.6) is 0 Å². The van der Waals surface area contributed by atoms with Crippen molar-refractivity contribution in [3.05, 3.63) is 145 Å². The van der Waals surface area contributed by atoms with Crippen molar-refractivity contribution in [3.63, 3.8) is 0 Å². The molecule has 6 heteroatoms. The molecule has 0 spiro atoms. The van der Waals surface area contributed by atoms with Crippen molar-refractivity contribution in [3.8, 4) is 56.2 Å². The average Bonchev–Trinajstić information content (AvgIpc) is 3.72. The van der Waals surface area contributed by atoms with Gasteiger partial charge in [0.1, 0.15) is 13.2 Å². The molecule has 50 heavy (non-hydrogen) atoms. The summed E-state index contributed by atoms with van der Waals surface area (Å²) in [5.74, 6) is 1.94. The second-order valence-electron chi connectivity index (χ2n) is 14.2. The van der Waals surface area contributed by atoms with Gasteiger partial charge in [-0.3, -0.25) is 0 Å².